The van der Waals surface area contributed by atoms with Crippen LogP contribution in [0.25, 0.3) is 0 Å². The molecular formula is C12H19NO3. The van der Waals surface area contributed by atoms with Gasteiger partial charge in [0.15, 0.2) is 11.5 Å². The molecule has 0 saturated heterocycles. The minimum Gasteiger partial charge on any atom is -0.504 e. The smallest absolute Gasteiger partial charge is 0.157 e. The minimum absolute atomic E-state index is 0.0262. The van der Waals surface area contributed by atoms with Crippen LogP contribution in [0, 0.1) is 0 Å². The summed E-state index contributed by atoms with van der Waals surface area (Å²) in [6.07, 6.45) is -1.53. The monoisotopic (exact) mass is 234 g/mol. The highest BCUT2D eigenvalue weighted by molar-refractivity contribution is 5.41. The first-order valence-electron chi connectivity index (χ1n) is 8.99. The van der Waals surface area contributed by atoms with E-state index in [-0.39, 0.29) is 5.56 Å². The van der Waals surface area contributed by atoms with Crippen molar-refractivity contribution in [1.29, 1.82) is 0 Å². The summed E-state index contributed by atoms with van der Waals surface area (Å²) in [6, 6.07) is 3.27. The van der Waals surface area contributed by atoms with Crippen molar-refractivity contribution in [3.63, 3.8) is 0 Å². The Balaban J connectivity index is 3.21. The number of aliphatic hydroxyl groups is 1. The molecule has 16 heavy (non-hydrogen) atoms. The first kappa shape index (κ1) is 4.94. The second kappa shape index (κ2) is 4.72. The average molecular weight is 234 g/mol. The van der Waals surface area contributed by atoms with Crippen molar-refractivity contribution in [1.82, 2.24) is 5.32 Å². The highest BCUT2D eigenvalue weighted by Crippen LogP contribution is 2.27. The highest BCUT2D eigenvalue weighted by atomic mass is 16.3. The van der Waals surface area contributed by atoms with Crippen LogP contribution in [0.3, 0.4) is 0 Å². The summed E-state index contributed by atoms with van der Waals surface area (Å²) in [5.41, 5.74) is -3.23. The maximum absolute atomic E-state index is 10.1. The van der Waals surface area contributed by atoms with Gasteiger partial charge in [-0.05, 0) is 38.3 Å². The number of aromatic hydroxyl groups is 2. The van der Waals surface area contributed by atoms with E-state index in [0.717, 1.165) is 12.1 Å². The largest absolute Gasteiger partial charge is 0.504 e. The first-order valence-corrected chi connectivity index (χ1v) is 4.49. The standard InChI is InChI=1S/C12H19NO3/c1-12(2,3)13-7-11(16)8-4-5-9(14)10(15)6-8/h4-6,11,13-16H,7H2,1-3H3/i1D3,2D3,3D3. The average Bonchev–Trinajstić information content (AvgIpc) is 2.37. The lowest BCUT2D eigenvalue weighted by Crippen LogP contribution is -2.38. The number of aliphatic hydroxyl groups excluding tert-OH is 1. The Kier molecular flexibility index (Phi) is 1.46. The fraction of sp³-hybridized carbons (Fsp3) is 0.500. The van der Waals surface area contributed by atoms with E-state index in [0.29, 0.717) is 0 Å². The number of phenolic OH excluding ortho intramolecular Hbond substituents is 2. The molecule has 1 rings (SSSR count). The number of rotatable bonds is 3. The summed E-state index contributed by atoms with van der Waals surface area (Å²) in [6.45, 7) is -11.0. The Morgan fingerprint density at radius 3 is 2.56 bits per heavy atom. The zero-order chi connectivity index (χ0) is 19.8. The van der Waals surface area contributed by atoms with Crippen LogP contribution >= 0.6 is 0 Å². The molecule has 0 fully saturated rings. The fourth-order valence-electron chi connectivity index (χ4n) is 1.12. The fourth-order valence-corrected chi connectivity index (χ4v) is 1.12. The van der Waals surface area contributed by atoms with Gasteiger partial charge in [-0.2, -0.15) is 0 Å². The number of nitrogens with one attached hydrogen (secondary N) is 1. The molecular weight excluding hydrogens is 206 g/mol. The van der Waals surface area contributed by atoms with Gasteiger partial charge in [-0.3, -0.25) is 0 Å². The highest BCUT2D eigenvalue weighted by Gasteiger charge is 2.14. The molecule has 0 aliphatic rings. The molecule has 4 nitrogen and oxygen atoms in total. The molecule has 0 saturated carbocycles. The predicted molar refractivity (Wildman–Crippen MR) is 62.5 cm³/mol. The van der Waals surface area contributed by atoms with Gasteiger partial charge in [0.1, 0.15) is 0 Å². The van der Waals surface area contributed by atoms with Crippen molar-refractivity contribution < 1.29 is 27.7 Å². The lowest BCUT2D eigenvalue weighted by Gasteiger charge is -2.23. The maximum atomic E-state index is 10.1. The molecule has 90 valence electrons. The van der Waals surface area contributed by atoms with Crippen LogP contribution in [0.15, 0.2) is 18.2 Å². The lowest BCUT2D eigenvalue weighted by atomic mass is 10.1. The molecule has 1 aromatic rings. The van der Waals surface area contributed by atoms with Gasteiger partial charge >= 0.3 is 0 Å². The van der Waals surface area contributed by atoms with Crippen LogP contribution in [-0.4, -0.2) is 27.4 Å². The Labute approximate surface area is 108 Å². The van der Waals surface area contributed by atoms with Gasteiger partial charge in [-0.15, -0.1) is 0 Å². The topological polar surface area (TPSA) is 72.7 Å². The summed E-state index contributed by atoms with van der Waals surface area (Å²) >= 11 is 0. The molecule has 0 radical (unpaired) electrons. The van der Waals surface area contributed by atoms with E-state index in [4.69, 9.17) is 12.3 Å². The molecule has 1 unspecified atom stereocenters. The van der Waals surface area contributed by atoms with E-state index in [1.54, 1.807) is 0 Å². The normalized spacial score (nSPS) is 24.4. The van der Waals surface area contributed by atoms with Crippen molar-refractivity contribution in [3.8, 4) is 11.5 Å². The summed E-state index contributed by atoms with van der Waals surface area (Å²) in [5.74, 6) is -1.00. The van der Waals surface area contributed by atoms with Crippen molar-refractivity contribution in [2.45, 2.75) is 32.2 Å². The minimum atomic E-state index is -3.43. The second-order valence-corrected chi connectivity index (χ2v) is 3.39. The van der Waals surface area contributed by atoms with Crippen molar-refractivity contribution in [3.05, 3.63) is 23.8 Å². The second-order valence-electron chi connectivity index (χ2n) is 3.39. The van der Waals surface area contributed by atoms with Gasteiger partial charge in [-0.25, -0.2) is 0 Å². The predicted octanol–water partition coefficient (Wildman–Crippen LogP) is 1.52. The molecule has 0 amide bonds. The van der Waals surface area contributed by atoms with Crippen LogP contribution < -0.4 is 5.32 Å². The third kappa shape index (κ3) is 3.72. The van der Waals surface area contributed by atoms with Gasteiger partial charge in [0, 0.05) is 24.4 Å². The summed E-state index contributed by atoms with van der Waals surface area (Å²) < 4.78 is 67.1. The van der Waals surface area contributed by atoms with E-state index in [9.17, 15) is 15.3 Å². The molecule has 1 atom stereocenters. The van der Waals surface area contributed by atoms with Crippen molar-refractivity contribution in [2.75, 3.05) is 6.54 Å². The maximum Gasteiger partial charge on any atom is 0.157 e. The Bertz CT molecular complexity index is 573. The summed E-state index contributed by atoms with van der Waals surface area (Å²) in [4.78, 5) is 0. The molecule has 0 heterocycles. The molecule has 4 N–H and O–H groups in total. The third-order valence-electron chi connectivity index (χ3n) is 1.94. The van der Waals surface area contributed by atoms with Crippen LogP contribution in [0.4, 0.5) is 0 Å². The number of β-amino-alcohol motifs (C(OH)–C–C–N with tert-alkyl or cyclic N) is 1. The molecule has 0 aliphatic carbocycles. The molecule has 1 aromatic carbocycles. The Morgan fingerprint density at radius 2 is 2.00 bits per heavy atom. The van der Waals surface area contributed by atoms with Crippen LogP contribution in [0.1, 0.15) is 44.6 Å². The van der Waals surface area contributed by atoms with E-state index in [2.05, 4.69) is 0 Å². The molecule has 0 aromatic heterocycles. The third-order valence-corrected chi connectivity index (χ3v) is 1.94. The summed E-state index contributed by atoms with van der Waals surface area (Å²) in [5, 5.41) is 30.7. The van der Waals surface area contributed by atoms with E-state index >= 15 is 0 Å². The molecule has 0 bridgehead atoms. The number of hydrogen-bond acceptors (Lipinski definition) is 4. The Hall–Kier alpha value is -1.26. The van der Waals surface area contributed by atoms with Crippen LogP contribution in [-0.2, 0) is 0 Å². The van der Waals surface area contributed by atoms with Crippen LogP contribution in [0.2, 0.25) is 0 Å². The molecule has 4 heteroatoms. The Morgan fingerprint density at radius 1 is 1.31 bits per heavy atom. The molecule has 0 aliphatic heterocycles. The van der Waals surface area contributed by atoms with E-state index < -0.39 is 50.2 Å². The molecule has 0 spiro atoms. The van der Waals surface area contributed by atoms with E-state index in [1.807, 2.05) is 5.32 Å². The first-order chi connectivity index (χ1) is 11.0. The van der Waals surface area contributed by atoms with Gasteiger partial charge in [-0.1, -0.05) is 6.07 Å². The zero-order valence-corrected chi connectivity index (χ0v) is 8.36. The van der Waals surface area contributed by atoms with Gasteiger partial charge in [0.05, 0.1) is 6.10 Å². The van der Waals surface area contributed by atoms with Crippen molar-refractivity contribution >= 4 is 0 Å². The lowest BCUT2D eigenvalue weighted by molar-refractivity contribution is 0.163. The zero-order valence-electron chi connectivity index (χ0n) is 17.4. The van der Waals surface area contributed by atoms with Gasteiger partial charge in [0.25, 0.3) is 0 Å². The number of benzene rings is 1. The van der Waals surface area contributed by atoms with E-state index in [1.165, 1.54) is 6.07 Å². The number of phenols is 2. The summed E-state index contributed by atoms with van der Waals surface area (Å²) in [7, 11) is 0. The van der Waals surface area contributed by atoms with Gasteiger partial charge < -0.3 is 20.6 Å². The quantitative estimate of drug-likeness (QED) is 0.598. The van der Waals surface area contributed by atoms with Crippen molar-refractivity contribution in [2.24, 2.45) is 0 Å². The SMILES string of the molecule is [2H]C([2H])([2H])C(NCC(O)c1ccc(O)c(O)c1)(C([2H])([2H])[2H])C([2H])([2H])[2H]. The van der Waals surface area contributed by atoms with Crippen LogP contribution in [0.5, 0.6) is 11.5 Å². The number of hydrogen-bond donors (Lipinski definition) is 4. The van der Waals surface area contributed by atoms with Gasteiger partial charge in [0.2, 0.25) is 0 Å².